The number of carbonyl (C=O) groups is 1. The van der Waals surface area contributed by atoms with Crippen LogP contribution in [0.3, 0.4) is 0 Å². The fourth-order valence-electron chi connectivity index (χ4n) is 2.49. The number of carbonyl (C=O) groups excluding carboxylic acids is 1. The van der Waals surface area contributed by atoms with Crippen molar-refractivity contribution in [1.29, 1.82) is 0 Å². The molecular formula is C17H22N6O. The molecule has 0 bridgehead atoms. The Hall–Kier alpha value is -2.70. The standard InChI is InChI=1S/C17H22N6O/c1-17(2,3)15(10-22-9-8-18-12-22)19-16(24)11-23-20-13-6-4-5-7-14(13)21-23/h4-9,12,15H,10-11H2,1-3H3,(H,19,24)/t15-/m0/s1. The van der Waals surface area contributed by atoms with Crippen molar-refractivity contribution in [3.8, 4) is 0 Å². The summed E-state index contributed by atoms with van der Waals surface area (Å²) in [5.41, 5.74) is 1.49. The second kappa shape index (κ2) is 6.43. The van der Waals surface area contributed by atoms with Gasteiger partial charge >= 0.3 is 0 Å². The van der Waals surface area contributed by atoms with Crippen LogP contribution < -0.4 is 5.32 Å². The molecule has 24 heavy (non-hydrogen) atoms. The Bertz CT molecular complexity index is 782. The Kier molecular flexibility index (Phi) is 4.33. The van der Waals surface area contributed by atoms with E-state index < -0.39 is 0 Å². The van der Waals surface area contributed by atoms with E-state index in [1.165, 1.54) is 4.80 Å². The maximum absolute atomic E-state index is 12.4. The van der Waals surface area contributed by atoms with Crippen LogP contribution in [0.4, 0.5) is 0 Å². The summed E-state index contributed by atoms with van der Waals surface area (Å²) in [5.74, 6) is -0.102. The average Bonchev–Trinajstić information content (AvgIpc) is 3.13. The van der Waals surface area contributed by atoms with Crippen molar-refractivity contribution in [2.45, 2.75) is 39.9 Å². The Balaban J connectivity index is 1.68. The van der Waals surface area contributed by atoms with Gasteiger partial charge in [-0.3, -0.25) is 4.79 Å². The minimum Gasteiger partial charge on any atom is -0.349 e. The molecule has 0 aliphatic carbocycles. The molecule has 2 heterocycles. The lowest BCUT2D eigenvalue weighted by Crippen LogP contribution is -2.47. The van der Waals surface area contributed by atoms with Gasteiger partial charge in [0.2, 0.25) is 5.91 Å². The molecule has 7 heteroatoms. The molecule has 2 aromatic heterocycles. The molecule has 126 valence electrons. The smallest absolute Gasteiger partial charge is 0.243 e. The molecule has 1 atom stereocenters. The van der Waals surface area contributed by atoms with Gasteiger partial charge in [-0.05, 0) is 17.5 Å². The van der Waals surface area contributed by atoms with Crippen molar-refractivity contribution in [1.82, 2.24) is 29.9 Å². The first-order chi connectivity index (χ1) is 11.4. The van der Waals surface area contributed by atoms with Crippen LogP contribution in [0, 0.1) is 5.41 Å². The van der Waals surface area contributed by atoms with E-state index in [9.17, 15) is 4.79 Å². The molecule has 0 saturated heterocycles. The highest BCUT2D eigenvalue weighted by atomic mass is 16.2. The Morgan fingerprint density at radius 1 is 1.21 bits per heavy atom. The maximum Gasteiger partial charge on any atom is 0.243 e. The number of amides is 1. The van der Waals surface area contributed by atoms with Gasteiger partial charge in [-0.2, -0.15) is 15.0 Å². The molecule has 0 aliphatic heterocycles. The van der Waals surface area contributed by atoms with Crippen molar-refractivity contribution in [3.63, 3.8) is 0 Å². The monoisotopic (exact) mass is 326 g/mol. The van der Waals surface area contributed by atoms with Crippen LogP contribution in [0.25, 0.3) is 11.0 Å². The molecule has 3 rings (SSSR count). The van der Waals surface area contributed by atoms with Gasteiger partial charge in [0.1, 0.15) is 17.6 Å². The molecule has 3 aromatic rings. The topological polar surface area (TPSA) is 77.6 Å². The van der Waals surface area contributed by atoms with Crippen molar-refractivity contribution in [3.05, 3.63) is 43.0 Å². The largest absolute Gasteiger partial charge is 0.349 e. The highest BCUT2D eigenvalue weighted by molar-refractivity contribution is 5.77. The number of nitrogens with one attached hydrogen (secondary N) is 1. The predicted octanol–water partition coefficient (Wildman–Crippen LogP) is 1.86. The van der Waals surface area contributed by atoms with Crippen molar-refractivity contribution in [2.75, 3.05) is 0 Å². The van der Waals surface area contributed by atoms with Crippen LogP contribution in [0.1, 0.15) is 20.8 Å². The minimum absolute atomic E-state index is 0.0239. The van der Waals surface area contributed by atoms with Crippen LogP contribution in [-0.4, -0.2) is 36.5 Å². The molecule has 1 aromatic carbocycles. The number of hydrogen-bond donors (Lipinski definition) is 1. The minimum atomic E-state index is -0.102. The molecule has 1 N–H and O–H groups in total. The molecule has 0 fully saturated rings. The van der Waals surface area contributed by atoms with Crippen LogP contribution in [0.5, 0.6) is 0 Å². The molecule has 0 spiro atoms. The van der Waals surface area contributed by atoms with E-state index in [0.29, 0.717) is 6.54 Å². The number of rotatable bonds is 5. The maximum atomic E-state index is 12.4. The third-order valence-corrected chi connectivity index (χ3v) is 3.95. The summed E-state index contributed by atoms with van der Waals surface area (Å²) in [7, 11) is 0. The molecule has 0 radical (unpaired) electrons. The summed E-state index contributed by atoms with van der Waals surface area (Å²) in [6.45, 7) is 7.09. The fraction of sp³-hybridized carbons (Fsp3) is 0.412. The number of fused-ring (bicyclic) bond motifs is 1. The summed E-state index contributed by atoms with van der Waals surface area (Å²) in [5, 5.41) is 11.8. The number of aromatic nitrogens is 5. The number of hydrogen-bond acceptors (Lipinski definition) is 4. The normalized spacial score (nSPS) is 13.1. The number of imidazole rings is 1. The molecule has 1 amide bonds. The quantitative estimate of drug-likeness (QED) is 0.776. The van der Waals surface area contributed by atoms with E-state index >= 15 is 0 Å². The average molecular weight is 326 g/mol. The zero-order chi connectivity index (χ0) is 17.2. The van der Waals surface area contributed by atoms with Crippen molar-refractivity contribution >= 4 is 16.9 Å². The van der Waals surface area contributed by atoms with Crippen molar-refractivity contribution in [2.24, 2.45) is 5.41 Å². The fourth-order valence-corrected chi connectivity index (χ4v) is 2.49. The third-order valence-electron chi connectivity index (χ3n) is 3.95. The van der Waals surface area contributed by atoms with Gasteiger partial charge in [0, 0.05) is 18.9 Å². The van der Waals surface area contributed by atoms with Crippen LogP contribution in [0.2, 0.25) is 0 Å². The predicted molar refractivity (Wildman–Crippen MR) is 91.1 cm³/mol. The van der Waals surface area contributed by atoms with Gasteiger partial charge in [0.15, 0.2) is 0 Å². The first-order valence-electron chi connectivity index (χ1n) is 7.97. The number of benzene rings is 1. The van der Waals surface area contributed by atoms with Gasteiger partial charge in [-0.1, -0.05) is 32.9 Å². The Labute approximate surface area is 140 Å². The second-order valence-corrected chi connectivity index (χ2v) is 6.96. The van der Waals surface area contributed by atoms with Gasteiger partial charge in [-0.15, -0.1) is 0 Å². The Morgan fingerprint density at radius 3 is 2.42 bits per heavy atom. The zero-order valence-electron chi connectivity index (χ0n) is 14.2. The first kappa shape index (κ1) is 16.2. The van der Waals surface area contributed by atoms with E-state index in [0.717, 1.165) is 11.0 Å². The van der Waals surface area contributed by atoms with E-state index in [4.69, 9.17) is 0 Å². The van der Waals surface area contributed by atoms with Crippen LogP contribution >= 0.6 is 0 Å². The third kappa shape index (κ3) is 3.79. The van der Waals surface area contributed by atoms with Crippen LogP contribution in [0.15, 0.2) is 43.0 Å². The summed E-state index contributed by atoms with van der Waals surface area (Å²) in [4.78, 5) is 17.9. The zero-order valence-corrected chi connectivity index (χ0v) is 14.2. The van der Waals surface area contributed by atoms with Gasteiger partial charge in [0.25, 0.3) is 0 Å². The van der Waals surface area contributed by atoms with Gasteiger partial charge in [0.05, 0.1) is 12.4 Å². The molecule has 0 aliphatic rings. The molecule has 0 unspecified atom stereocenters. The lowest BCUT2D eigenvalue weighted by Gasteiger charge is -2.31. The Morgan fingerprint density at radius 2 is 1.88 bits per heavy atom. The molecule has 7 nitrogen and oxygen atoms in total. The SMILES string of the molecule is CC(C)(C)[C@H](Cn1ccnc1)NC(=O)Cn1nc2ccccc2n1. The van der Waals surface area contributed by atoms with E-state index in [2.05, 4.69) is 41.3 Å². The highest BCUT2D eigenvalue weighted by Gasteiger charge is 2.26. The molecular weight excluding hydrogens is 304 g/mol. The lowest BCUT2D eigenvalue weighted by molar-refractivity contribution is -0.123. The lowest BCUT2D eigenvalue weighted by atomic mass is 9.86. The van der Waals surface area contributed by atoms with Gasteiger partial charge in [-0.25, -0.2) is 4.98 Å². The van der Waals surface area contributed by atoms with Gasteiger partial charge < -0.3 is 9.88 Å². The molecule has 0 saturated carbocycles. The first-order valence-corrected chi connectivity index (χ1v) is 7.97. The van der Waals surface area contributed by atoms with E-state index in [-0.39, 0.29) is 23.9 Å². The summed E-state index contributed by atoms with van der Waals surface area (Å²) >= 11 is 0. The number of nitrogens with zero attached hydrogens (tertiary/aromatic N) is 5. The van der Waals surface area contributed by atoms with Crippen LogP contribution in [-0.2, 0) is 17.9 Å². The van der Waals surface area contributed by atoms with Crippen molar-refractivity contribution < 1.29 is 4.79 Å². The summed E-state index contributed by atoms with van der Waals surface area (Å²) < 4.78 is 1.97. The summed E-state index contributed by atoms with van der Waals surface area (Å²) in [6, 6.07) is 7.55. The second-order valence-electron chi connectivity index (χ2n) is 6.96. The van der Waals surface area contributed by atoms with E-state index in [1.54, 1.807) is 12.5 Å². The summed E-state index contributed by atoms with van der Waals surface area (Å²) in [6.07, 6.45) is 5.39. The highest BCUT2D eigenvalue weighted by Crippen LogP contribution is 2.20. The van der Waals surface area contributed by atoms with E-state index in [1.807, 2.05) is 35.0 Å².